The summed E-state index contributed by atoms with van der Waals surface area (Å²) in [6, 6.07) is 13.7. The molecule has 1 aliphatic rings. The van der Waals surface area contributed by atoms with E-state index in [0.29, 0.717) is 24.4 Å². The molecule has 1 fully saturated rings. The van der Waals surface area contributed by atoms with Gasteiger partial charge in [-0.3, -0.25) is 14.9 Å². The fourth-order valence-corrected chi connectivity index (χ4v) is 3.73. The van der Waals surface area contributed by atoms with Crippen LogP contribution in [0.1, 0.15) is 30.0 Å². The molecule has 1 aliphatic heterocycles. The lowest BCUT2D eigenvalue weighted by Gasteiger charge is -2.26. The minimum absolute atomic E-state index is 0.358. The van der Waals surface area contributed by atoms with Crippen molar-refractivity contribution in [3.63, 3.8) is 0 Å². The number of hydroxylamine groups is 2. The molecule has 4 rings (SSSR count). The van der Waals surface area contributed by atoms with E-state index < -0.39 is 0 Å². The van der Waals surface area contributed by atoms with E-state index in [4.69, 9.17) is 4.74 Å². The van der Waals surface area contributed by atoms with Crippen LogP contribution in [0.2, 0.25) is 0 Å². The van der Waals surface area contributed by atoms with Gasteiger partial charge in [0.25, 0.3) is 0 Å². The highest BCUT2D eigenvalue weighted by molar-refractivity contribution is 5.76. The van der Waals surface area contributed by atoms with Crippen LogP contribution in [0.15, 0.2) is 42.5 Å². The van der Waals surface area contributed by atoms with Gasteiger partial charge in [0.15, 0.2) is 0 Å². The summed E-state index contributed by atoms with van der Waals surface area (Å²) >= 11 is 0. The van der Waals surface area contributed by atoms with Crippen LogP contribution in [0.25, 0.3) is 11.0 Å². The minimum atomic E-state index is -0.358. The standard InChI is InChI=1S/C24H27N5O3/c1-2-22(29(31)18-30)17-28-24-10-9-20(15-23(24)25-26-28)6-3-19-4-7-21(8-5-19)16-27-11-13-32-14-12-27/h4-5,7-10,15,18,22,31H,2,11-14,16-17H2,1H3. The monoisotopic (exact) mass is 433 g/mol. The number of ether oxygens (including phenoxy) is 1. The zero-order valence-electron chi connectivity index (χ0n) is 18.1. The van der Waals surface area contributed by atoms with Crippen LogP contribution in [0.5, 0.6) is 0 Å². The van der Waals surface area contributed by atoms with Crippen LogP contribution >= 0.6 is 0 Å². The Bertz CT molecular complexity index is 1110. The maximum Gasteiger partial charge on any atom is 0.233 e. The summed E-state index contributed by atoms with van der Waals surface area (Å²) in [5, 5.41) is 18.8. The summed E-state index contributed by atoms with van der Waals surface area (Å²) in [6.45, 7) is 6.76. The maximum absolute atomic E-state index is 10.8. The van der Waals surface area contributed by atoms with Crippen molar-refractivity contribution in [2.24, 2.45) is 0 Å². The Morgan fingerprint density at radius 3 is 2.59 bits per heavy atom. The van der Waals surface area contributed by atoms with Crippen molar-refractivity contribution in [3.8, 4) is 11.8 Å². The number of aromatic nitrogens is 3. The van der Waals surface area contributed by atoms with Crippen molar-refractivity contribution in [1.29, 1.82) is 0 Å². The highest BCUT2D eigenvalue weighted by Gasteiger charge is 2.16. The highest BCUT2D eigenvalue weighted by Crippen LogP contribution is 2.15. The van der Waals surface area contributed by atoms with Gasteiger partial charge >= 0.3 is 0 Å². The van der Waals surface area contributed by atoms with Gasteiger partial charge in [-0.25, -0.2) is 9.75 Å². The van der Waals surface area contributed by atoms with E-state index in [-0.39, 0.29) is 6.04 Å². The molecular formula is C24H27N5O3. The first kappa shape index (κ1) is 22.0. The molecule has 1 N–H and O–H groups in total. The van der Waals surface area contributed by atoms with E-state index >= 15 is 0 Å². The molecule has 3 aromatic rings. The molecule has 1 amide bonds. The average Bonchev–Trinajstić information content (AvgIpc) is 3.24. The van der Waals surface area contributed by atoms with Crippen LogP contribution in [0.3, 0.4) is 0 Å². The maximum atomic E-state index is 10.8. The first-order chi connectivity index (χ1) is 15.7. The van der Waals surface area contributed by atoms with Gasteiger partial charge in [-0.2, -0.15) is 0 Å². The van der Waals surface area contributed by atoms with E-state index in [1.54, 1.807) is 4.68 Å². The number of fused-ring (bicyclic) bond motifs is 1. The van der Waals surface area contributed by atoms with Gasteiger partial charge in [-0.05, 0) is 42.3 Å². The predicted molar refractivity (Wildman–Crippen MR) is 120 cm³/mol. The zero-order valence-corrected chi connectivity index (χ0v) is 18.1. The van der Waals surface area contributed by atoms with Crippen molar-refractivity contribution < 1.29 is 14.7 Å². The Labute approximate surface area is 187 Å². The smallest absolute Gasteiger partial charge is 0.233 e. The molecule has 2 heterocycles. The average molecular weight is 434 g/mol. The fourth-order valence-electron chi connectivity index (χ4n) is 3.73. The van der Waals surface area contributed by atoms with Crippen LogP contribution < -0.4 is 0 Å². The molecule has 8 heteroatoms. The van der Waals surface area contributed by atoms with Crippen LogP contribution in [0, 0.1) is 11.8 Å². The van der Waals surface area contributed by atoms with Gasteiger partial charge in [-0.15, -0.1) is 5.10 Å². The third kappa shape index (κ3) is 5.32. The Balaban J connectivity index is 1.43. The van der Waals surface area contributed by atoms with Gasteiger partial charge < -0.3 is 4.74 Å². The third-order valence-electron chi connectivity index (χ3n) is 5.67. The van der Waals surface area contributed by atoms with E-state index in [1.807, 2.05) is 25.1 Å². The first-order valence-corrected chi connectivity index (χ1v) is 10.8. The van der Waals surface area contributed by atoms with Crippen molar-refractivity contribution in [2.45, 2.75) is 32.5 Å². The zero-order chi connectivity index (χ0) is 22.3. The SMILES string of the molecule is CCC(Cn1nnc2cc(C#Cc3ccc(CN4CCOCC4)cc3)ccc21)N(O)C=O. The summed E-state index contributed by atoms with van der Waals surface area (Å²) in [5.74, 6) is 6.40. The van der Waals surface area contributed by atoms with E-state index in [0.717, 1.165) is 55.0 Å². The van der Waals surface area contributed by atoms with Gasteiger partial charge in [-0.1, -0.05) is 36.1 Å². The molecule has 0 spiro atoms. The van der Waals surface area contributed by atoms with Gasteiger partial charge in [0.1, 0.15) is 5.52 Å². The summed E-state index contributed by atoms with van der Waals surface area (Å²) in [6.07, 6.45) is 1.02. The second kappa shape index (κ2) is 10.4. The largest absolute Gasteiger partial charge is 0.379 e. The molecule has 32 heavy (non-hydrogen) atoms. The normalized spacial score (nSPS) is 15.2. The number of hydrogen-bond donors (Lipinski definition) is 1. The Morgan fingerprint density at radius 2 is 1.88 bits per heavy atom. The molecular weight excluding hydrogens is 406 g/mol. The van der Waals surface area contributed by atoms with Crippen molar-refractivity contribution in [1.82, 2.24) is 25.0 Å². The van der Waals surface area contributed by atoms with Crippen molar-refractivity contribution in [2.75, 3.05) is 26.3 Å². The van der Waals surface area contributed by atoms with Crippen molar-refractivity contribution in [3.05, 3.63) is 59.2 Å². The molecule has 0 saturated carbocycles. The minimum Gasteiger partial charge on any atom is -0.379 e. The lowest BCUT2D eigenvalue weighted by molar-refractivity contribution is -0.161. The lowest BCUT2D eigenvalue weighted by atomic mass is 10.1. The summed E-state index contributed by atoms with van der Waals surface area (Å²) in [5.41, 5.74) is 4.65. The molecule has 8 nitrogen and oxygen atoms in total. The van der Waals surface area contributed by atoms with E-state index in [9.17, 15) is 10.0 Å². The summed E-state index contributed by atoms with van der Waals surface area (Å²) < 4.78 is 7.10. The molecule has 1 aromatic heterocycles. The number of carbonyl (C=O) groups is 1. The van der Waals surface area contributed by atoms with Gasteiger partial charge in [0.05, 0.1) is 31.3 Å². The second-order valence-electron chi connectivity index (χ2n) is 7.86. The van der Waals surface area contributed by atoms with E-state index in [1.165, 1.54) is 5.56 Å². The van der Waals surface area contributed by atoms with Gasteiger partial charge in [0.2, 0.25) is 6.41 Å². The van der Waals surface area contributed by atoms with Crippen LogP contribution in [-0.2, 0) is 22.6 Å². The number of amides is 1. The molecule has 1 saturated heterocycles. The number of rotatable bonds is 7. The molecule has 1 unspecified atom stereocenters. The van der Waals surface area contributed by atoms with Crippen LogP contribution in [0.4, 0.5) is 0 Å². The highest BCUT2D eigenvalue weighted by atomic mass is 16.5. The topological polar surface area (TPSA) is 83.7 Å². The Hall–Kier alpha value is -3.25. The molecule has 2 aromatic carbocycles. The molecule has 0 aliphatic carbocycles. The first-order valence-electron chi connectivity index (χ1n) is 10.8. The summed E-state index contributed by atoms with van der Waals surface area (Å²) in [4.78, 5) is 13.2. The number of carbonyl (C=O) groups excluding carboxylic acids is 1. The molecule has 0 radical (unpaired) electrons. The number of nitrogens with zero attached hydrogens (tertiary/aromatic N) is 5. The third-order valence-corrected chi connectivity index (χ3v) is 5.67. The Morgan fingerprint density at radius 1 is 1.16 bits per heavy atom. The second-order valence-corrected chi connectivity index (χ2v) is 7.86. The fraction of sp³-hybridized carbons (Fsp3) is 0.375. The number of benzene rings is 2. The van der Waals surface area contributed by atoms with Gasteiger partial charge in [0, 0.05) is 30.8 Å². The molecule has 166 valence electrons. The molecule has 0 bridgehead atoms. The van der Waals surface area contributed by atoms with Crippen LogP contribution in [-0.4, -0.2) is 68.9 Å². The van der Waals surface area contributed by atoms with Crippen molar-refractivity contribution >= 4 is 17.4 Å². The Kier molecular flexibility index (Phi) is 7.12. The quantitative estimate of drug-likeness (QED) is 0.266. The summed E-state index contributed by atoms with van der Waals surface area (Å²) in [7, 11) is 0. The predicted octanol–water partition coefficient (Wildman–Crippen LogP) is 2.29. The lowest BCUT2D eigenvalue weighted by Crippen LogP contribution is -2.35. The number of hydrogen-bond acceptors (Lipinski definition) is 6. The van der Waals surface area contributed by atoms with E-state index in [2.05, 4.69) is 51.3 Å². The molecule has 1 atom stereocenters. The number of morpholine rings is 1.